The highest BCUT2D eigenvalue weighted by atomic mass is 16.5. The van der Waals surface area contributed by atoms with Crippen molar-refractivity contribution < 1.29 is 19.4 Å². The van der Waals surface area contributed by atoms with E-state index in [9.17, 15) is 9.90 Å². The van der Waals surface area contributed by atoms with Crippen LogP contribution < -0.4 is 15.2 Å². The van der Waals surface area contributed by atoms with Gasteiger partial charge in [-0.15, -0.1) is 0 Å². The summed E-state index contributed by atoms with van der Waals surface area (Å²) in [5, 5.41) is 13.9. The number of aromatic carboxylic acids is 1. The number of rotatable bonds is 7. The first kappa shape index (κ1) is 20.3. The van der Waals surface area contributed by atoms with Crippen LogP contribution in [0.2, 0.25) is 0 Å². The highest BCUT2D eigenvalue weighted by molar-refractivity contribution is 5.88. The molecule has 0 atom stereocenters. The minimum atomic E-state index is -1.11. The molecule has 3 rings (SSSR count). The molecule has 3 N–H and O–H groups in total. The van der Waals surface area contributed by atoms with Crippen LogP contribution in [0.5, 0.6) is 11.5 Å². The largest absolute Gasteiger partial charge is 0.496 e. The van der Waals surface area contributed by atoms with Crippen LogP contribution in [0.25, 0.3) is 16.9 Å². The van der Waals surface area contributed by atoms with Gasteiger partial charge in [-0.3, -0.25) is 0 Å². The summed E-state index contributed by atoms with van der Waals surface area (Å²) in [6, 6.07) is 12.5. The summed E-state index contributed by atoms with van der Waals surface area (Å²) >= 11 is 0. The second-order valence-electron chi connectivity index (χ2n) is 7.16. The van der Waals surface area contributed by atoms with Crippen LogP contribution in [0.4, 0.5) is 5.69 Å². The van der Waals surface area contributed by atoms with Gasteiger partial charge in [0.1, 0.15) is 11.5 Å². The standard InChI is InChI=1S/C22H25N3O4/c1-13(2)10-14-11-15(23)8-9-17(14)25-18(12-16(24-25)22(26)27)21-19(28-3)6-5-7-20(21)29-4/h5-9,11-13H,10,23H2,1-4H3,(H,26,27). The van der Waals surface area contributed by atoms with Gasteiger partial charge in [-0.1, -0.05) is 19.9 Å². The van der Waals surface area contributed by atoms with Crippen molar-refractivity contribution in [3.05, 3.63) is 53.7 Å². The van der Waals surface area contributed by atoms with Gasteiger partial charge in [-0.25, -0.2) is 9.48 Å². The quantitative estimate of drug-likeness (QED) is 0.586. The number of benzene rings is 2. The summed E-state index contributed by atoms with van der Waals surface area (Å²) in [6.07, 6.45) is 0.769. The van der Waals surface area contributed by atoms with Crippen molar-refractivity contribution in [3.63, 3.8) is 0 Å². The second kappa shape index (κ2) is 8.26. The fourth-order valence-electron chi connectivity index (χ4n) is 3.37. The highest BCUT2D eigenvalue weighted by Gasteiger charge is 2.23. The SMILES string of the molecule is COc1cccc(OC)c1-c1cc(C(=O)O)nn1-c1ccc(N)cc1CC(C)C. The summed E-state index contributed by atoms with van der Waals surface area (Å²) in [5.74, 6) is 0.389. The minimum Gasteiger partial charge on any atom is -0.496 e. The van der Waals surface area contributed by atoms with E-state index in [0.717, 1.165) is 17.7 Å². The average Bonchev–Trinajstić information content (AvgIpc) is 3.12. The van der Waals surface area contributed by atoms with E-state index in [1.807, 2.05) is 18.2 Å². The first-order valence-electron chi connectivity index (χ1n) is 9.29. The molecule has 0 bridgehead atoms. The number of carboxylic acid groups (broad SMARTS) is 1. The Morgan fingerprint density at radius 3 is 2.34 bits per heavy atom. The molecule has 0 spiro atoms. The molecule has 0 aliphatic carbocycles. The number of ether oxygens (including phenoxy) is 2. The van der Waals surface area contributed by atoms with Crippen molar-refractivity contribution in [3.8, 4) is 28.4 Å². The molecule has 0 amide bonds. The number of carbonyl (C=O) groups is 1. The zero-order chi connectivity index (χ0) is 21.1. The number of nitrogens with zero attached hydrogens (tertiary/aromatic N) is 2. The van der Waals surface area contributed by atoms with Crippen LogP contribution in [0.3, 0.4) is 0 Å². The Hall–Kier alpha value is -3.48. The first-order chi connectivity index (χ1) is 13.8. The molecule has 0 aliphatic heterocycles. The predicted molar refractivity (Wildman–Crippen MR) is 112 cm³/mol. The van der Waals surface area contributed by atoms with Crippen LogP contribution in [0.1, 0.15) is 29.9 Å². The van der Waals surface area contributed by atoms with Crippen LogP contribution in [-0.4, -0.2) is 35.1 Å². The van der Waals surface area contributed by atoms with E-state index < -0.39 is 5.97 Å². The van der Waals surface area contributed by atoms with E-state index >= 15 is 0 Å². The van der Waals surface area contributed by atoms with Gasteiger partial charge in [-0.05, 0) is 54.3 Å². The van der Waals surface area contributed by atoms with Crippen LogP contribution >= 0.6 is 0 Å². The number of nitrogens with two attached hydrogens (primary N) is 1. The lowest BCUT2D eigenvalue weighted by Crippen LogP contribution is -2.08. The number of aromatic nitrogens is 2. The lowest BCUT2D eigenvalue weighted by atomic mass is 10.00. The molecule has 0 unspecified atom stereocenters. The molecule has 0 fully saturated rings. The van der Waals surface area contributed by atoms with E-state index in [-0.39, 0.29) is 5.69 Å². The first-order valence-corrected chi connectivity index (χ1v) is 9.29. The van der Waals surface area contributed by atoms with Gasteiger partial charge in [-0.2, -0.15) is 5.10 Å². The van der Waals surface area contributed by atoms with Crippen molar-refractivity contribution in [2.45, 2.75) is 20.3 Å². The molecule has 152 valence electrons. The Bertz CT molecular complexity index is 1020. The van der Waals surface area contributed by atoms with Crippen molar-refractivity contribution in [2.75, 3.05) is 20.0 Å². The molecule has 1 heterocycles. The average molecular weight is 395 g/mol. The van der Waals surface area contributed by atoms with Gasteiger partial charge in [0.25, 0.3) is 0 Å². The molecule has 2 aromatic carbocycles. The summed E-state index contributed by atoms with van der Waals surface area (Å²) in [4.78, 5) is 11.7. The Kier molecular flexibility index (Phi) is 5.77. The molecule has 29 heavy (non-hydrogen) atoms. The van der Waals surface area contributed by atoms with Crippen molar-refractivity contribution in [1.82, 2.24) is 9.78 Å². The maximum Gasteiger partial charge on any atom is 0.356 e. The molecule has 7 nitrogen and oxygen atoms in total. The van der Waals surface area contributed by atoms with E-state index in [4.69, 9.17) is 15.2 Å². The lowest BCUT2D eigenvalue weighted by molar-refractivity contribution is 0.0690. The van der Waals surface area contributed by atoms with E-state index in [0.29, 0.717) is 34.4 Å². The second-order valence-corrected chi connectivity index (χ2v) is 7.16. The molecular weight excluding hydrogens is 370 g/mol. The Morgan fingerprint density at radius 2 is 1.79 bits per heavy atom. The minimum absolute atomic E-state index is 0.0692. The zero-order valence-corrected chi connectivity index (χ0v) is 17.0. The normalized spacial score (nSPS) is 10.9. The van der Waals surface area contributed by atoms with Gasteiger partial charge >= 0.3 is 5.97 Å². The van der Waals surface area contributed by atoms with E-state index in [1.54, 1.807) is 37.1 Å². The number of methoxy groups -OCH3 is 2. The Labute approximate surface area is 169 Å². The van der Waals surface area contributed by atoms with E-state index in [2.05, 4.69) is 18.9 Å². The Balaban J connectivity index is 2.33. The molecule has 0 aliphatic rings. The number of hydrogen-bond acceptors (Lipinski definition) is 5. The molecule has 0 saturated carbocycles. The molecule has 1 aromatic heterocycles. The van der Waals surface area contributed by atoms with Gasteiger partial charge in [0.2, 0.25) is 0 Å². The molecule has 0 radical (unpaired) electrons. The van der Waals surface area contributed by atoms with Gasteiger partial charge < -0.3 is 20.3 Å². The molecule has 3 aromatic rings. The molecular formula is C22H25N3O4. The molecule has 0 saturated heterocycles. The van der Waals surface area contributed by atoms with Gasteiger partial charge in [0, 0.05) is 5.69 Å². The third kappa shape index (κ3) is 4.03. The lowest BCUT2D eigenvalue weighted by Gasteiger charge is -2.17. The van der Waals surface area contributed by atoms with Crippen molar-refractivity contribution in [2.24, 2.45) is 5.92 Å². The third-order valence-corrected chi connectivity index (χ3v) is 4.57. The maximum atomic E-state index is 11.7. The van der Waals surface area contributed by atoms with Crippen molar-refractivity contribution in [1.29, 1.82) is 0 Å². The fourth-order valence-corrected chi connectivity index (χ4v) is 3.37. The van der Waals surface area contributed by atoms with E-state index in [1.165, 1.54) is 6.07 Å². The van der Waals surface area contributed by atoms with Gasteiger partial charge in [0.15, 0.2) is 5.69 Å². The van der Waals surface area contributed by atoms with Crippen LogP contribution in [0, 0.1) is 5.92 Å². The van der Waals surface area contributed by atoms with Crippen LogP contribution in [0.15, 0.2) is 42.5 Å². The Morgan fingerprint density at radius 1 is 1.14 bits per heavy atom. The third-order valence-electron chi connectivity index (χ3n) is 4.57. The summed E-state index contributed by atoms with van der Waals surface area (Å²) in [6.45, 7) is 4.23. The molecule has 7 heteroatoms. The highest BCUT2D eigenvalue weighted by Crippen LogP contribution is 2.40. The topological polar surface area (TPSA) is 99.6 Å². The number of hydrogen-bond donors (Lipinski definition) is 2. The predicted octanol–water partition coefficient (Wildman–Crippen LogP) is 4.04. The summed E-state index contributed by atoms with van der Waals surface area (Å²) in [5.41, 5.74) is 9.53. The fraction of sp³-hybridized carbons (Fsp3) is 0.273. The smallest absolute Gasteiger partial charge is 0.356 e. The van der Waals surface area contributed by atoms with Crippen molar-refractivity contribution >= 4 is 11.7 Å². The number of carboxylic acids is 1. The van der Waals surface area contributed by atoms with Gasteiger partial charge in [0.05, 0.1) is 31.2 Å². The summed E-state index contributed by atoms with van der Waals surface area (Å²) in [7, 11) is 3.12. The summed E-state index contributed by atoms with van der Waals surface area (Å²) < 4.78 is 12.7. The maximum absolute atomic E-state index is 11.7. The number of anilines is 1. The van der Waals surface area contributed by atoms with Crippen LogP contribution in [-0.2, 0) is 6.42 Å². The zero-order valence-electron chi connectivity index (χ0n) is 17.0. The monoisotopic (exact) mass is 395 g/mol. The number of nitrogen functional groups attached to an aromatic ring is 1.